The summed E-state index contributed by atoms with van der Waals surface area (Å²) in [5.74, 6) is 1.69. The summed E-state index contributed by atoms with van der Waals surface area (Å²) in [7, 11) is 3.31. The van der Waals surface area contributed by atoms with Crippen molar-refractivity contribution in [3.63, 3.8) is 0 Å². The molecule has 4 aromatic rings. The maximum Gasteiger partial charge on any atom is 0.253 e. The summed E-state index contributed by atoms with van der Waals surface area (Å²) >= 11 is 1.50. The Bertz CT molecular complexity index is 1530. The van der Waals surface area contributed by atoms with Gasteiger partial charge in [-0.3, -0.25) is 9.59 Å². The minimum Gasteiger partial charge on any atom is -0.493 e. The second-order valence-electron chi connectivity index (χ2n) is 11.4. The predicted molar refractivity (Wildman–Crippen MR) is 166 cm³/mol. The molecule has 0 bridgehead atoms. The number of rotatable bonds is 9. The molecule has 42 heavy (non-hydrogen) atoms. The molecule has 1 unspecified atom stereocenters. The van der Waals surface area contributed by atoms with E-state index in [4.69, 9.17) is 9.47 Å². The van der Waals surface area contributed by atoms with Gasteiger partial charge in [-0.1, -0.05) is 36.4 Å². The van der Waals surface area contributed by atoms with Gasteiger partial charge in [-0.25, -0.2) is 4.98 Å². The molecular weight excluding hydrogens is 546 g/mol. The summed E-state index contributed by atoms with van der Waals surface area (Å²) in [6.07, 6.45) is 3.48. The average Bonchev–Trinajstić information content (AvgIpc) is 3.69. The molecule has 0 spiro atoms. The molecule has 0 N–H and O–H groups in total. The fraction of sp³-hybridized carbons (Fsp3) is 0.382. The van der Waals surface area contributed by atoms with Gasteiger partial charge in [-0.2, -0.15) is 0 Å². The van der Waals surface area contributed by atoms with Crippen LogP contribution < -0.4 is 9.47 Å². The number of Topliss-reactive ketones (excluding diaryl/α,β-unsaturated/α-hetero) is 1. The zero-order valence-electron chi connectivity index (χ0n) is 24.3. The molecule has 1 amide bonds. The number of likely N-dealkylation sites (tertiary alicyclic amines) is 2. The zero-order valence-corrected chi connectivity index (χ0v) is 25.1. The average molecular weight is 584 g/mol. The monoisotopic (exact) mass is 583 g/mol. The van der Waals surface area contributed by atoms with Gasteiger partial charge in [-0.05, 0) is 87.3 Å². The van der Waals surface area contributed by atoms with Gasteiger partial charge >= 0.3 is 0 Å². The highest BCUT2D eigenvalue weighted by molar-refractivity contribution is 7.20. The Hall–Kier alpha value is -3.75. The fourth-order valence-corrected chi connectivity index (χ4v) is 7.49. The highest BCUT2D eigenvalue weighted by atomic mass is 32.1. The van der Waals surface area contributed by atoms with Crippen LogP contribution in [0.25, 0.3) is 10.2 Å². The summed E-state index contributed by atoms with van der Waals surface area (Å²) < 4.78 is 12.2. The maximum atomic E-state index is 13.4. The molecule has 3 aromatic carbocycles. The smallest absolute Gasteiger partial charge is 0.253 e. The minimum absolute atomic E-state index is 0.0205. The maximum absolute atomic E-state index is 13.4. The summed E-state index contributed by atoms with van der Waals surface area (Å²) in [6, 6.07) is 23.7. The highest BCUT2D eigenvalue weighted by Gasteiger charge is 2.42. The summed E-state index contributed by atoms with van der Waals surface area (Å²) in [5, 5.41) is 0.635. The van der Waals surface area contributed by atoms with Crippen molar-refractivity contribution in [3.05, 3.63) is 88.9 Å². The summed E-state index contributed by atoms with van der Waals surface area (Å²) in [5.41, 5.74) is 2.60. The Morgan fingerprint density at radius 2 is 1.67 bits per heavy atom. The number of fused-ring (bicyclic) bond motifs is 1. The molecule has 8 heteroatoms. The van der Waals surface area contributed by atoms with Gasteiger partial charge in [0.1, 0.15) is 0 Å². The number of carbonyl (C=O) groups is 2. The molecule has 6 rings (SSSR count). The molecule has 218 valence electrons. The molecule has 2 saturated heterocycles. The van der Waals surface area contributed by atoms with Crippen LogP contribution in [0, 0.1) is 5.92 Å². The number of thiazole rings is 1. The molecule has 7 nitrogen and oxygen atoms in total. The number of methoxy groups -OCH3 is 2. The van der Waals surface area contributed by atoms with Crippen molar-refractivity contribution < 1.29 is 19.1 Å². The Kier molecular flexibility index (Phi) is 8.27. The van der Waals surface area contributed by atoms with E-state index in [0.29, 0.717) is 29.6 Å². The van der Waals surface area contributed by atoms with E-state index >= 15 is 0 Å². The molecule has 2 fully saturated rings. The first kappa shape index (κ1) is 28.4. The van der Waals surface area contributed by atoms with Crippen molar-refractivity contribution in [1.82, 2.24) is 14.8 Å². The predicted octanol–water partition coefficient (Wildman–Crippen LogP) is 6.08. The van der Waals surface area contributed by atoms with Crippen molar-refractivity contribution in [2.45, 2.75) is 31.1 Å². The standard InChI is InChI=1S/C34H37N3O4S/c1-40-28-13-12-26(22-29(28)41-2)34(17-21-37(23-34)33(39)25-8-4-3-5-9-25)16-20-36-18-14-24(15-19-36)31(38)32-35-27-10-6-7-11-30(27)42-32/h3-13,22,24H,14-21,23H2,1-2H3. The van der Waals surface area contributed by atoms with Crippen LogP contribution in [0.4, 0.5) is 0 Å². The Morgan fingerprint density at radius 1 is 0.929 bits per heavy atom. The van der Waals surface area contributed by atoms with Gasteiger partial charge in [0.25, 0.3) is 5.91 Å². The van der Waals surface area contributed by atoms with E-state index in [-0.39, 0.29) is 23.0 Å². The normalized spacial score (nSPS) is 19.7. The lowest BCUT2D eigenvalue weighted by molar-refractivity contribution is 0.0779. The van der Waals surface area contributed by atoms with E-state index in [1.54, 1.807) is 14.2 Å². The quantitative estimate of drug-likeness (QED) is 0.222. The Balaban J connectivity index is 1.15. The minimum atomic E-state index is -0.197. The third-order valence-corrected chi connectivity index (χ3v) is 10.1. The number of piperidine rings is 1. The lowest BCUT2D eigenvalue weighted by Crippen LogP contribution is -2.41. The van der Waals surface area contributed by atoms with Gasteiger partial charge in [-0.15, -0.1) is 11.3 Å². The molecule has 2 aliphatic rings. The van der Waals surface area contributed by atoms with E-state index < -0.39 is 0 Å². The zero-order chi connectivity index (χ0) is 29.1. The molecule has 1 aromatic heterocycles. The number of ether oxygens (including phenoxy) is 2. The SMILES string of the molecule is COc1ccc(C2(CCN3CCC(C(=O)c4nc5ccccc5s4)CC3)CCN(C(=O)c3ccccc3)C2)cc1OC. The first-order valence-corrected chi connectivity index (χ1v) is 15.5. The Labute approximate surface area is 251 Å². The topological polar surface area (TPSA) is 72.0 Å². The summed E-state index contributed by atoms with van der Waals surface area (Å²) in [4.78, 5) is 35.8. The van der Waals surface area contributed by atoms with Crippen LogP contribution >= 0.6 is 11.3 Å². The molecular formula is C34H37N3O4S. The largest absolute Gasteiger partial charge is 0.493 e. The van der Waals surface area contributed by atoms with Crippen LogP contribution in [0.5, 0.6) is 11.5 Å². The van der Waals surface area contributed by atoms with E-state index in [9.17, 15) is 9.59 Å². The highest BCUT2D eigenvalue weighted by Crippen LogP contribution is 2.42. The van der Waals surface area contributed by atoms with E-state index in [1.807, 2.05) is 65.6 Å². The number of ketones is 1. The van der Waals surface area contributed by atoms with Crippen molar-refractivity contribution in [2.24, 2.45) is 5.92 Å². The summed E-state index contributed by atoms with van der Waals surface area (Å²) in [6.45, 7) is 4.04. The van der Waals surface area contributed by atoms with Gasteiger partial charge in [0.05, 0.1) is 24.4 Å². The number of aromatic nitrogens is 1. The number of para-hydroxylation sites is 1. The number of benzene rings is 3. The van der Waals surface area contributed by atoms with Crippen LogP contribution in [0.1, 0.15) is 51.4 Å². The molecule has 0 saturated carbocycles. The lowest BCUT2D eigenvalue weighted by Gasteiger charge is -2.36. The van der Waals surface area contributed by atoms with E-state index in [2.05, 4.69) is 22.0 Å². The van der Waals surface area contributed by atoms with Gasteiger partial charge in [0, 0.05) is 30.0 Å². The third-order valence-electron chi connectivity index (χ3n) is 9.03. The second-order valence-corrected chi connectivity index (χ2v) is 12.4. The number of amides is 1. The van der Waals surface area contributed by atoms with Crippen molar-refractivity contribution in [3.8, 4) is 11.5 Å². The van der Waals surface area contributed by atoms with Crippen LogP contribution in [-0.4, -0.2) is 73.4 Å². The van der Waals surface area contributed by atoms with Crippen LogP contribution in [-0.2, 0) is 5.41 Å². The van der Waals surface area contributed by atoms with Gasteiger partial charge in [0.15, 0.2) is 22.3 Å². The van der Waals surface area contributed by atoms with E-state index in [0.717, 1.165) is 61.1 Å². The van der Waals surface area contributed by atoms with Crippen molar-refractivity contribution >= 4 is 33.2 Å². The third kappa shape index (κ3) is 5.65. The molecule has 1 atom stereocenters. The Morgan fingerprint density at radius 3 is 2.40 bits per heavy atom. The molecule has 0 radical (unpaired) electrons. The van der Waals surface area contributed by atoms with Crippen LogP contribution in [0.15, 0.2) is 72.8 Å². The van der Waals surface area contributed by atoms with Crippen LogP contribution in [0.2, 0.25) is 0 Å². The van der Waals surface area contributed by atoms with Gasteiger partial charge in [0.2, 0.25) is 0 Å². The van der Waals surface area contributed by atoms with Gasteiger partial charge < -0.3 is 19.3 Å². The number of carbonyl (C=O) groups excluding carboxylic acids is 2. The van der Waals surface area contributed by atoms with Crippen molar-refractivity contribution in [1.29, 1.82) is 0 Å². The molecule has 3 heterocycles. The number of nitrogens with zero attached hydrogens (tertiary/aromatic N) is 3. The van der Waals surface area contributed by atoms with E-state index in [1.165, 1.54) is 16.9 Å². The molecule has 2 aliphatic heterocycles. The number of hydrogen-bond donors (Lipinski definition) is 0. The van der Waals surface area contributed by atoms with Crippen molar-refractivity contribution in [2.75, 3.05) is 46.9 Å². The molecule has 0 aliphatic carbocycles. The van der Waals surface area contributed by atoms with Crippen LogP contribution in [0.3, 0.4) is 0 Å². The fourth-order valence-electron chi connectivity index (χ4n) is 6.50. The first-order valence-electron chi connectivity index (χ1n) is 14.7. The second kappa shape index (κ2) is 12.2. The lowest BCUT2D eigenvalue weighted by atomic mass is 9.76. The number of hydrogen-bond acceptors (Lipinski definition) is 7. The first-order chi connectivity index (χ1) is 20.5.